The van der Waals surface area contributed by atoms with Crippen LogP contribution in [0.4, 0.5) is 5.69 Å². The summed E-state index contributed by atoms with van der Waals surface area (Å²) in [7, 11) is -3.57. The van der Waals surface area contributed by atoms with Crippen LogP contribution in [0.15, 0.2) is 41.3 Å². The number of fused-ring (bicyclic) bond motifs is 1. The molecule has 0 aliphatic carbocycles. The van der Waals surface area contributed by atoms with Crippen LogP contribution in [-0.4, -0.2) is 45.4 Å². The molecule has 0 atom stereocenters. The van der Waals surface area contributed by atoms with Crippen LogP contribution in [0.25, 0.3) is 0 Å². The summed E-state index contributed by atoms with van der Waals surface area (Å²) in [4.78, 5) is 16.4. The van der Waals surface area contributed by atoms with Crippen LogP contribution in [0.1, 0.15) is 48.4 Å². The Morgan fingerprint density at radius 2 is 1.82 bits per heavy atom. The highest BCUT2D eigenvalue weighted by molar-refractivity contribution is 7.89. The fourth-order valence-electron chi connectivity index (χ4n) is 4.94. The van der Waals surface area contributed by atoms with E-state index in [0.29, 0.717) is 23.9 Å². The van der Waals surface area contributed by atoms with Gasteiger partial charge in [0.25, 0.3) is 0 Å². The average molecular weight is 470 g/mol. The van der Waals surface area contributed by atoms with Crippen LogP contribution in [0, 0.1) is 19.8 Å². The van der Waals surface area contributed by atoms with Crippen LogP contribution < -0.4 is 9.62 Å². The van der Waals surface area contributed by atoms with Crippen molar-refractivity contribution in [3.8, 4) is 0 Å². The second-order valence-electron chi connectivity index (χ2n) is 9.57. The first-order valence-corrected chi connectivity index (χ1v) is 13.4. The third-order valence-corrected chi connectivity index (χ3v) is 8.45. The molecule has 1 amide bonds. The number of hydrogen-bond donors (Lipinski definition) is 1. The van der Waals surface area contributed by atoms with Crippen LogP contribution in [-0.2, 0) is 27.8 Å². The lowest BCUT2D eigenvalue weighted by molar-refractivity contribution is -0.116. The number of piperidine rings is 1. The van der Waals surface area contributed by atoms with Crippen molar-refractivity contribution in [2.24, 2.45) is 5.92 Å². The number of hydrogen-bond acceptors (Lipinski definition) is 4. The third kappa shape index (κ3) is 5.65. The van der Waals surface area contributed by atoms with Gasteiger partial charge in [0.1, 0.15) is 0 Å². The molecule has 2 aromatic carbocycles. The summed E-state index contributed by atoms with van der Waals surface area (Å²) in [6, 6.07) is 11.7. The molecule has 0 spiro atoms. The largest absolute Gasteiger partial charge is 0.312 e. The standard InChI is InChI=1S/C26H35N3O3S/c1-19-6-7-20(2)24(15-19)18-28-13-10-22(11-14-28)17-27-33(31,32)25-8-9-26-23(16-25)5-4-12-29(26)21(3)30/h6-9,15-16,22,27H,4-5,10-14,17-18H2,1-3H3. The maximum atomic E-state index is 12.9. The van der Waals surface area contributed by atoms with Gasteiger partial charge in [-0.3, -0.25) is 9.69 Å². The van der Waals surface area contributed by atoms with Gasteiger partial charge in [0.15, 0.2) is 0 Å². The van der Waals surface area contributed by atoms with Crippen molar-refractivity contribution in [3.63, 3.8) is 0 Å². The zero-order chi connectivity index (χ0) is 23.6. The van der Waals surface area contributed by atoms with Gasteiger partial charge < -0.3 is 4.90 Å². The molecule has 0 bridgehead atoms. The second-order valence-corrected chi connectivity index (χ2v) is 11.3. The van der Waals surface area contributed by atoms with E-state index in [-0.39, 0.29) is 5.91 Å². The fourth-order valence-corrected chi connectivity index (χ4v) is 6.11. The van der Waals surface area contributed by atoms with Gasteiger partial charge in [0, 0.05) is 32.2 Å². The summed E-state index contributed by atoms with van der Waals surface area (Å²) in [6.07, 6.45) is 3.63. The Kier molecular flexibility index (Phi) is 7.22. The van der Waals surface area contributed by atoms with E-state index in [0.717, 1.165) is 56.6 Å². The Morgan fingerprint density at radius 3 is 2.55 bits per heavy atom. The van der Waals surface area contributed by atoms with E-state index in [4.69, 9.17) is 0 Å². The van der Waals surface area contributed by atoms with E-state index >= 15 is 0 Å². The SMILES string of the molecule is CC(=O)N1CCCc2cc(S(=O)(=O)NCC3CCN(Cc4cc(C)ccc4C)CC3)ccc21. The summed E-state index contributed by atoms with van der Waals surface area (Å²) < 4.78 is 28.7. The van der Waals surface area contributed by atoms with Gasteiger partial charge >= 0.3 is 0 Å². The summed E-state index contributed by atoms with van der Waals surface area (Å²) in [6.45, 7) is 9.93. The van der Waals surface area contributed by atoms with Crippen molar-refractivity contribution in [1.29, 1.82) is 0 Å². The van der Waals surface area contributed by atoms with E-state index in [1.807, 2.05) is 0 Å². The quantitative estimate of drug-likeness (QED) is 0.699. The van der Waals surface area contributed by atoms with E-state index < -0.39 is 10.0 Å². The molecular formula is C26H35N3O3S. The van der Waals surface area contributed by atoms with Crippen molar-refractivity contribution in [1.82, 2.24) is 9.62 Å². The topological polar surface area (TPSA) is 69.7 Å². The average Bonchev–Trinajstić information content (AvgIpc) is 2.80. The molecule has 1 saturated heterocycles. The van der Waals surface area contributed by atoms with E-state index in [2.05, 4.69) is 41.7 Å². The highest BCUT2D eigenvalue weighted by Gasteiger charge is 2.25. The number of carbonyl (C=O) groups excluding carboxylic acids is 1. The lowest BCUT2D eigenvalue weighted by atomic mass is 9.96. The fraction of sp³-hybridized carbons (Fsp3) is 0.500. The smallest absolute Gasteiger partial charge is 0.240 e. The Morgan fingerprint density at radius 1 is 1.06 bits per heavy atom. The number of rotatable bonds is 6. The number of amides is 1. The molecule has 0 unspecified atom stereocenters. The first-order valence-electron chi connectivity index (χ1n) is 11.9. The van der Waals surface area contributed by atoms with Gasteiger partial charge in [-0.25, -0.2) is 13.1 Å². The first kappa shape index (κ1) is 23.9. The zero-order valence-corrected chi connectivity index (χ0v) is 20.7. The number of likely N-dealkylation sites (tertiary alicyclic amines) is 1. The van der Waals surface area contributed by atoms with Gasteiger partial charge in [0.2, 0.25) is 15.9 Å². The summed E-state index contributed by atoms with van der Waals surface area (Å²) in [5, 5.41) is 0. The molecule has 0 aromatic heterocycles. The van der Waals surface area contributed by atoms with Crippen LogP contribution in [0.2, 0.25) is 0 Å². The van der Waals surface area contributed by atoms with E-state index in [1.54, 1.807) is 30.0 Å². The molecule has 7 heteroatoms. The number of carbonyl (C=O) groups is 1. The van der Waals surface area contributed by atoms with Crippen molar-refractivity contribution in [2.75, 3.05) is 31.1 Å². The highest BCUT2D eigenvalue weighted by atomic mass is 32.2. The molecule has 178 valence electrons. The lowest BCUT2D eigenvalue weighted by Crippen LogP contribution is -2.38. The number of nitrogens with one attached hydrogen (secondary N) is 1. The summed E-state index contributed by atoms with van der Waals surface area (Å²) in [5.74, 6) is 0.342. The molecule has 0 saturated carbocycles. The maximum absolute atomic E-state index is 12.9. The number of anilines is 1. The molecule has 2 aliphatic rings. The molecule has 1 N–H and O–H groups in total. The number of nitrogens with zero attached hydrogens (tertiary/aromatic N) is 2. The van der Waals surface area contributed by atoms with Gasteiger partial charge in [-0.2, -0.15) is 0 Å². The first-order chi connectivity index (χ1) is 15.7. The minimum atomic E-state index is -3.57. The molecule has 4 rings (SSSR count). The van der Waals surface area contributed by atoms with Gasteiger partial charge in [-0.1, -0.05) is 23.8 Å². The predicted octanol–water partition coefficient (Wildman–Crippen LogP) is 3.79. The van der Waals surface area contributed by atoms with Gasteiger partial charge in [0.05, 0.1) is 4.90 Å². The number of benzene rings is 2. The summed E-state index contributed by atoms with van der Waals surface area (Å²) in [5.41, 5.74) is 5.76. The summed E-state index contributed by atoms with van der Waals surface area (Å²) >= 11 is 0. The van der Waals surface area contributed by atoms with Crippen LogP contribution in [0.3, 0.4) is 0 Å². The molecule has 0 radical (unpaired) electrons. The normalized spacial score (nSPS) is 17.7. The zero-order valence-electron chi connectivity index (χ0n) is 19.9. The van der Waals surface area contributed by atoms with Crippen molar-refractivity contribution < 1.29 is 13.2 Å². The van der Waals surface area contributed by atoms with Gasteiger partial charge in [-0.15, -0.1) is 0 Å². The van der Waals surface area contributed by atoms with E-state index in [1.165, 1.54) is 16.7 Å². The molecule has 2 heterocycles. The molecule has 2 aromatic rings. The molecule has 2 aliphatic heterocycles. The number of sulfonamides is 1. The molecule has 6 nitrogen and oxygen atoms in total. The number of aryl methyl sites for hydroxylation is 3. The molecule has 33 heavy (non-hydrogen) atoms. The van der Waals surface area contributed by atoms with E-state index in [9.17, 15) is 13.2 Å². The Bertz CT molecular complexity index is 1120. The van der Waals surface area contributed by atoms with Crippen LogP contribution >= 0.6 is 0 Å². The molecular weight excluding hydrogens is 434 g/mol. The van der Waals surface area contributed by atoms with Gasteiger partial charge in [-0.05, 0) is 93.4 Å². The minimum absolute atomic E-state index is 0.00594. The monoisotopic (exact) mass is 469 g/mol. The minimum Gasteiger partial charge on any atom is -0.312 e. The second kappa shape index (κ2) is 9.95. The van der Waals surface area contributed by atoms with Crippen molar-refractivity contribution in [2.45, 2.75) is 57.9 Å². The van der Waals surface area contributed by atoms with Crippen molar-refractivity contribution in [3.05, 3.63) is 58.7 Å². The Hall–Kier alpha value is -2.22. The maximum Gasteiger partial charge on any atom is 0.240 e. The predicted molar refractivity (Wildman–Crippen MR) is 132 cm³/mol. The Labute approximate surface area is 198 Å². The third-order valence-electron chi connectivity index (χ3n) is 7.03. The highest BCUT2D eigenvalue weighted by Crippen LogP contribution is 2.29. The lowest BCUT2D eigenvalue weighted by Gasteiger charge is -2.32. The van der Waals surface area contributed by atoms with Crippen LogP contribution in [0.5, 0.6) is 0 Å². The van der Waals surface area contributed by atoms with Crippen molar-refractivity contribution >= 4 is 21.6 Å². The molecule has 1 fully saturated rings. The Balaban J connectivity index is 1.32.